The molecule has 0 saturated carbocycles. The molecule has 4 rings (SSSR count). The molecule has 1 aliphatic rings. The number of nitrogens with zero attached hydrogens (tertiary/aromatic N) is 3. The third kappa shape index (κ3) is 3.34. The Morgan fingerprint density at radius 3 is 2.96 bits per heavy atom. The highest BCUT2D eigenvalue weighted by Crippen LogP contribution is 2.39. The third-order valence-corrected chi connectivity index (χ3v) is 5.18. The largest absolute Gasteiger partial charge is 0.489 e. The molecule has 25 heavy (non-hydrogen) atoms. The van der Waals surface area contributed by atoms with E-state index in [1.54, 1.807) is 18.0 Å². The van der Waals surface area contributed by atoms with Crippen molar-refractivity contribution in [2.45, 2.75) is 17.3 Å². The first-order valence-electron chi connectivity index (χ1n) is 7.86. The molecule has 0 radical (unpaired) electrons. The summed E-state index contributed by atoms with van der Waals surface area (Å²) < 4.78 is 18.7. The van der Waals surface area contributed by atoms with Crippen LogP contribution in [0.3, 0.4) is 0 Å². The fraction of sp³-hybridized carbons (Fsp3) is 0.294. The standard InChI is InChI=1S/C17H16ClN3O3S/c1-21-16(13-4-2-5-22-13)19-20-17(21)25-10-11-8-12(18)15-14(9-11)23-6-3-7-24-15/h2,4-5,8-9H,3,6-7,10H2,1H3. The summed E-state index contributed by atoms with van der Waals surface area (Å²) >= 11 is 7.92. The zero-order valence-electron chi connectivity index (χ0n) is 13.6. The third-order valence-electron chi connectivity index (χ3n) is 3.81. The number of halogens is 1. The van der Waals surface area contributed by atoms with Gasteiger partial charge in [-0.15, -0.1) is 10.2 Å². The van der Waals surface area contributed by atoms with Gasteiger partial charge in [0.15, 0.2) is 28.2 Å². The highest BCUT2D eigenvalue weighted by Gasteiger charge is 2.17. The van der Waals surface area contributed by atoms with E-state index in [0.717, 1.165) is 17.1 Å². The molecule has 130 valence electrons. The van der Waals surface area contributed by atoms with Gasteiger partial charge >= 0.3 is 0 Å². The minimum absolute atomic E-state index is 0.573. The molecule has 2 aromatic heterocycles. The molecule has 0 fully saturated rings. The summed E-state index contributed by atoms with van der Waals surface area (Å²) in [5.74, 6) is 3.42. The highest BCUT2D eigenvalue weighted by atomic mass is 35.5. The molecular formula is C17H16ClN3O3S. The minimum Gasteiger partial charge on any atom is -0.489 e. The van der Waals surface area contributed by atoms with E-state index in [9.17, 15) is 0 Å². The molecule has 8 heteroatoms. The SMILES string of the molecule is Cn1c(SCc2cc(Cl)c3c(c2)OCCCO3)nnc1-c1ccco1. The van der Waals surface area contributed by atoms with Gasteiger partial charge in [-0.25, -0.2) is 0 Å². The van der Waals surface area contributed by atoms with Gasteiger partial charge in [0, 0.05) is 19.2 Å². The zero-order chi connectivity index (χ0) is 17.2. The van der Waals surface area contributed by atoms with E-state index < -0.39 is 0 Å². The second-order valence-electron chi connectivity index (χ2n) is 5.59. The molecule has 0 saturated heterocycles. The van der Waals surface area contributed by atoms with Crippen molar-refractivity contribution in [2.24, 2.45) is 7.05 Å². The Bertz CT molecular complexity index is 880. The number of benzene rings is 1. The number of thioether (sulfide) groups is 1. The Morgan fingerprint density at radius 1 is 1.24 bits per heavy atom. The summed E-state index contributed by atoms with van der Waals surface area (Å²) in [6, 6.07) is 7.58. The van der Waals surface area contributed by atoms with E-state index >= 15 is 0 Å². The molecule has 0 amide bonds. The number of hydrogen-bond acceptors (Lipinski definition) is 6. The van der Waals surface area contributed by atoms with Gasteiger partial charge in [0.05, 0.1) is 24.5 Å². The lowest BCUT2D eigenvalue weighted by Crippen LogP contribution is -1.97. The van der Waals surface area contributed by atoms with Crippen LogP contribution in [0.1, 0.15) is 12.0 Å². The van der Waals surface area contributed by atoms with E-state index in [0.29, 0.717) is 47.1 Å². The van der Waals surface area contributed by atoms with Gasteiger partial charge in [0.1, 0.15) is 0 Å². The number of aromatic nitrogens is 3. The fourth-order valence-electron chi connectivity index (χ4n) is 2.58. The lowest BCUT2D eigenvalue weighted by molar-refractivity contribution is 0.297. The monoisotopic (exact) mass is 377 g/mol. The number of ether oxygens (including phenoxy) is 2. The van der Waals surface area contributed by atoms with Crippen LogP contribution in [0.5, 0.6) is 11.5 Å². The normalized spacial score (nSPS) is 13.7. The Hall–Kier alpha value is -2.12. The van der Waals surface area contributed by atoms with Crippen molar-refractivity contribution in [1.82, 2.24) is 14.8 Å². The second kappa shape index (κ2) is 7.01. The molecule has 1 aromatic carbocycles. The van der Waals surface area contributed by atoms with Gasteiger partial charge in [-0.3, -0.25) is 0 Å². The van der Waals surface area contributed by atoms with Crippen LogP contribution in [-0.4, -0.2) is 28.0 Å². The van der Waals surface area contributed by atoms with Crippen molar-refractivity contribution in [3.05, 3.63) is 41.1 Å². The van der Waals surface area contributed by atoms with Crippen LogP contribution in [0.15, 0.2) is 40.1 Å². The second-order valence-corrected chi connectivity index (χ2v) is 6.94. The molecule has 0 N–H and O–H groups in total. The molecule has 0 unspecified atom stereocenters. The van der Waals surface area contributed by atoms with Gasteiger partial charge in [-0.2, -0.15) is 0 Å². The maximum absolute atomic E-state index is 6.34. The first-order valence-corrected chi connectivity index (χ1v) is 9.23. The Labute approximate surface area is 154 Å². The molecule has 0 atom stereocenters. The highest BCUT2D eigenvalue weighted by molar-refractivity contribution is 7.98. The van der Waals surface area contributed by atoms with Gasteiger partial charge in [-0.1, -0.05) is 23.4 Å². The summed E-state index contributed by atoms with van der Waals surface area (Å²) in [6.45, 7) is 1.25. The van der Waals surface area contributed by atoms with Crippen LogP contribution in [0, 0.1) is 0 Å². The summed E-state index contributed by atoms with van der Waals surface area (Å²) in [5, 5.41) is 9.81. The first-order chi connectivity index (χ1) is 12.2. The van der Waals surface area contributed by atoms with Crippen LogP contribution in [0.4, 0.5) is 0 Å². The predicted molar refractivity (Wildman–Crippen MR) is 95.3 cm³/mol. The predicted octanol–water partition coefficient (Wildman–Crippen LogP) is 4.18. The minimum atomic E-state index is 0.573. The Balaban J connectivity index is 1.52. The zero-order valence-corrected chi connectivity index (χ0v) is 15.1. The Kier molecular flexibility index (Phi) is 4.59. The first kappa shape index (κ1) is 16.4. The molecule has 0 spiro atoms. The lowest BCUT2D eigenvalue weighted by Gasteiger charge is -2.11. The van der Waals surface area contributed by atoms with Gasteiger partial charge < -0.3 is 18.5 Å². The maximum Gasteiger partial charge on any atom is 0.200 e. The fourth-order valence-corrected chi connectivity index (χ4v) is 3.71. The quantitative estimate of drug-likeness (QED) is 0.635. The number of hydrogen-bond donors (Lipinski definition) is 0. The molecule has 0 bridgehead atoms. The van der Waals surface area contributed by atoms with E-state index in [4.69, 9.17) is 25.5 Å². The molecule has 3 aromatic rings. The molecule has 0 aliphatic carbocycles. The van der Waals surface area contributed by atoms with E-state index in [1.165, 1.54) is 0 Å². The van der Waals surface area contributed by atoms with Gasteiger partial charge in [0.2, 0.25) is 0 Å². The smallest absolute Gasteiger partial charge is 0.200 e. The summed E-state index contributed by atoms with van der Waals surface area (Å²) in [7, 11) is 1.92. The molecular weight excluding hydrogens is 362 g/mol. The molecule has 3 heterocycles. The van der Waals surface area contributed by atoms with Crippen LogP contribution in [0.2, 0.25) is 5.02 Å². The van der Waals surface area contributed by atoms with Crippen molar-refractivity contribution in [2.75, 3.05) is 13.2 Å². The van der Waals surface area contributed by atoms with E-state index in [-0.39, 0.29) is 0 Å². The van der Waals surface area contributed by atoms with Gasteiger partial charge in [0.25, 0.3) is 0 Å². The summed E-state index contributed by atoms with van der Waals surface area (Å²) in [4.78, 5) is 0. The van der Waals surface area contributed by atoms with Crippen LogP contribution >= 0.6 is 23.4 Å². The van der Waals surface area contributed by atoms with Crippen molar-refractivity contribution in [3.8, 4) is 23.1 Å². The van der Waals surface area contributed by atoms with Crippen molar-refractivity contribution >= 4 is 23.4 Å². The van der Waals surface area contributed by atoms with E-state index in [1.807, 2.05) is 35.9 Å². The Morgan fingerprint density at radius 2 is 2.12 bits per heavy atom. The van der Waals surface area contributed by atoms with Crippen LogP contribution in [-0.2, 0) is 12.8 Å². The average Bonchev–Trinajstić information content (AvgIpc) is 3.17. The molecule has 6 nitrogen and oxygen atoms in total. The van der Waals surface area contributed by atoms with Gasteiger partial charge in [-0.05, 0) is 29.8 Å². The molecule has 1 aliphatic heterocycles. The average molecular weight is 378 g/mol. The summed E-state index contributed by atoms with van der Waals surface area (Å²) in [5.41, 5.74) is 1.04. The number of fused-ring (bicyclic) bond motifs is 1. The maximum atomic E-state index is 6.34. The van der Waals surface area contributed by atoms with Crippen LogP contribution in [0.25, 0.3) is 11.6 Å². The van der Waals surface area contributed by atoms with E-state index in [2.05, 4.69) is 10.2 Å². The topological polar surface area (TPSA) is 62.3 Å². The van der Waals surface area contributed by atoms with Crippen molar-refractivity contribution in [3.63, 3.8) is 0 Å². The number of rotatable bonds is 4. The number of furan rings is 1. The van der Waals surface area contributed by atoms with Crippen LogP contribution < -0.4 is 9.47 Å². The lowest BCUT2D eigenvalue weighted by atomic mass is 10.2. The van der Waals surface area contributed by atoms with Crippen molar-refractivity contribution in [1.29, 1.82) is 0 Å². The summed E-state index contributed by atoms with van der Waals surface area (Å²) in [6.07, 6.45) is 2.47. The van der Waals surface area contributed by atoms with Crippen molar-refractivity contribution < 1.29 is 13.9 Å².